The molecule has 1 unspecified atom stereocenters. The van der Waals surface area contributed by atoms with Crippen molar-refractivity contribution in [2.24, 2.45) is 0 Å². The van der Waals surface area contributed by atoms with E-state index in [9.17, 15) is 10.1 Å². The molecule has 0 bridgehead atoms. The van der Waals surface area contributed by atoms with Gasteiger partial charge >= 0.3 is 0 Å². The largest absolute Gasteiger partial charge is 0.489 e. The summed E-state index contributed by atoms with van der Waals surface area (Å²) in [6, 6.07) is 4.14. The number of benzene rings is 1. The quantitative estimate of drug-likeness (QED) is 0.615. The number of nitro benzene ring substituents is 1. The Balaban J connectivity index is 2.03. The fourth-order valence-electron chi connectivity index (χ4n) is 1.67. The number of non-ortho nitro benzene ring substituents is 1. The molecule has 1 aromatic rings. The van der Waals surface area contributed by atoms with Crippen LogP contribution in [-0.2, 0) is 4.74 Å². The summed E-state index contributed by atoms with van der Waals surface area (Å²) in [5.74, 6) is 0.330. The van der Waals surface area contributed by atoms with Crippen LogP contribution >= 0.6 is 11.6 Å². The van der Waals surface area contributed by atoms with E-state index in [0.29, 0.717) is 17.4 Å². The second-order valence-electron chi connectivity index (χ2n) is 3.82. The molecule has 1 aliphatic rings. The molecule has 1 heterocycles. The third-order valence-corrected chi connectivity index (χ3v) is 2.89. The van der Waals surface area contributed by atoms with Crippen LogP contribution < -0.4 is 4.74 Å². The van der Waals surface area contributed by atoms with Gasteiger partial charge in [-0.3, -0.25) is 10.1 Å². The monoisotopic (exact) mass is 257 g/mol. The molecule has 1 atom stereocenters. The van der Waals surface area contributed by atoms with Crippen molar-refractivity contribution in [2.45, 2.75) is 18.9 Å². The number of ether oxygens (including phenoxy) is 2. The van der Waals surface area contributed by atoms with Crippen LogP contribution in [-0.4, -0.2) is 24.2 Å². The van der Waals surface area contributed by atoms with Gasteiger partial charge in [0, 0.05) is 12.7 Å². The SMILES string of the molecule is O=[N+]([O-])c1ccc(Cl)c(OCC2CCCO2)c1. The topological polar surface area (TPSA) is 61.6 Å². The fraction of sp³-hybridized carbons (Fsp3) is 0.455. The van der Waals surface area contributed by atoms with Crippen molar-refractivity contribution in [3.05, 3.63) is 33.3 Å². The molecule has 0 aliphatic carbocycles. The number of hydrogen-bond acceptors (Lipinski definition) is 4. The number of nitro groups is 1. The Kier molecular flexibility index (Phi) is 3.81. The van der Waals surface area contributed by atoms with E-state index in [0.717, 1.165) is 19.4 Å². The highest BCUT2D eigenvalue weighted by Gasteiger charge is 2.17. The molecule has 17 heavy (non-hydrogen) atoms. The minimum absolute atomic E-state index is 0.0308. The number of nitrogens with zero attached hydrogens (tertiary/aromatic N) is 1. The van der Waals surface area contributed by atoms with Gasteiger partial charge in [0.2, 0.25) is 0 Å². The summed E-state index contributed by atoms with van der Waals surface area (Å²) in [6.45, 7) is 1.12. The summed E-state index contributed by atoms with van der Waals surface area (Å²) in [5, 5.41) is 11.0. The standard InChI is InChI=1S/C11H12ClNO4/c12-10-4-3-8(13(14)15)6-11(10)17-7-9-2-1-5-16-9/h3-4,6,9H,1-2,5,7H2. The molecule has 0 saturated carbocycles. The molecule has 0 N–H and O–H groups in total. The van der Waals surface area contributed by atoms with Crippen LogP contribution in [0.1, 0.15) is 12.8 Å². The lowest BCUT2D eigenvalue weighted by Crippen LogP contribution is -2.16. The molecule has 0 aromatic heterocycles. The lowest BCUT2D eigenvalue weighted by Gasteiger charge is -2.12. The summed E-state index contributed by atoms with van der Waals surface area (Å²) < 4.78 is 10.8. The zero-order chi connectivity index (χ0) is 12.3. The van der Waals surface area contributed by atoms with E-state index in [4.69, 9.17) is 21.1 Å². The van der Waals surface area contributed by atoms with Gasteiger partial charge in [0.15, 0.2) is 0 Å². The van der Waals surface area contributed by atoms with Crippen molar-refractivity contribution in [3.63, 3.8) is 0 Å². The van der Waals surface area contributed by atoms with E-state index in [1.165, 1.54) is 18.2 Å². The van der Waals surface area contributed by atoms with Gasteiger partial charge < -0.3 is 9.47 Å². The van der Waals surface area contributed by atoms with Crippen molar-refractivity contribution >= 4 is 17.3 Å². The van der Waals surface area contributed by atoms with E-state index in [1.807, 2.05) is 0 Å². The number of hydrogen-bond donors (Lipinski definition) is 0. The minimum atomic E-state index is -0.477. The predicted octanol–water partition coefficient (Wildman–Crippen LogP) is 2.81. The van der Waals surface area contributed by atoms with E-state index in [-0.39, 0.29) is 11.8 Å². The fourth-order valence-corrected chi connectivity index (χ4v) is 1.85. The van der Waals surface area contributed by atoms with Crippen molar-refractivity contribution < 1.29 is 14.4 Å². The molecule has 0 spiro atoms. The van der Waals surface area contributed by atoms with E-state index in [2.05, 4.69) is 0 Å². The van der Waals surface area contributed by atoms with Gasteiger partial charge in [-0.15, -0.1) is 0 Å². The predicted molar refractivity (Wildman–Crippen MR) is 62.6 cm³/mol. The Morgan fingerprint density at radius 2 is 2.41 bits per heavy atom. The first kappa shape index (κ1) is 12.1. The molecule has 1 saturated heterocycles. The van der Waals surface area contributed by atoms with Crippen LogP contribution in [0.4, 0.5) is 5.69 Å². The summed E-state index contributed by atoms with van der Waals surface area (Å²) in [4.78, 5) is 10.1. The molecule has 0 amide bonds. The summed E-state index contributed by atoms with van der Waals surface area (Å²) in [5.41, 5.74) is -0.0308. The van der Waals surface area contributed by atoms with Crippen LogP contribution in [0.15, 0.2) is 18.2 Å². The lowest BCUT2D eigenvalue weighted by atomic mass is 10.2. The van der Waals surface area contributed by atoms with Gasteiger partial charge in [0.1, 0.15) is 12.4 Å². The maximum Gasteiger partial charge on any atom is 0.273 e. The minimum Gasteiger partial charge on any atom is -0.489 e. The molecule has 1 aliphatic heterocycles. The third-order valence-electron chi connectivity index (χ3n) is 2.57. The van der Waals surface area contributed by atoms with Crippen LogP contribution in [0.25, 0.3) is 0 Å². The second kappa shape index (κ2) is 5.33. The van der Waals surface area contributed by atoms with Gasteiger partial charge in [-0.05, 0) is 18.9 Å². The van der Waals surface area contributed by atoms with Gasteiger partial charge in [0.25, 0.3) is 5.69 Å². The van der Waals surface area contributed by atoms with Crippen LogP contribution in [0, 0.1) is 10.1 Å². The molecule has 5 nitrogen and oxygen atoms in total. The third kappa shape index (κ3) is 3.08. The average molecular weight is 258 g/mol. The number of halogens is 1. The lowest BCUT2D eigenvalue weighted by molar-refractivity contribution is -0.384. The zero-order valence-electron chi connectivity index (χ0n) is 9.10. The van der Waals surface area contributed by atoms with Crippen LogP contribution in [0.2, 0.25) is 5.02 Å². The molecule has 6 heteroatoms. The number of rotatable bonds is 4. The van der Waals surface area contributed by atoms with Gasteiger partial charge in [-0.1, -0.05) is 11.6 Å². The zero-order valence-corrected chi connectivity index (χ0v) is 9.85. The van der Waals surface area contributed by atoms with Crippen LogP contribution in [0.5, 0.6) is 5.75 Å². The van der Waals surface area contributed by atoms with Crippen molar-refractivity contribution in [1.82, 2.24) is 0 Å². The average Bonchev–Trinajstić information content (AvgIpc) is 2.80. The summed E-state index contributed by atoms with van der Waals surface area (Å²) in [7, 11) is 0. The van der Waals surface area contributed by atoms with Gasteiger partial charge in [0.05, 0.1) is 22.1 Å². The smallest absolute Gasteiger partial charge is 0.273 e. The first-order chi connectivity index (χ1) is 8.16. The highest BCUT2D eigenvalue weighted by Crippen LogP contribution is 2.29. The van der Waals surface area contributed by atoms with E-state index in [1.54, 1.807) is 0 Å². The van der Waals surface area contributed by atoms with Crippen molar-refractivity contribution in [1.29, 1.82) is 0 Å². The second-order valence-corrected chi connectivity index (χ2v) is 4.23. The Hall–Kier alpha value is -1.33. The van der Waals surface area contributed by atoms with Crippen molar-refractivity contribution in [3.8, 4) is 5.75 Å². The summed E-state index contributed by atoms with van der Waals surface area (Å²) in [6.07, 6.45) is 2.04. The van der Waals surface area contributed by atoms with Crippen LogP contribution in [0.3, 0.4) is 0 Å². The normalized spacial score (nSPS) is 19.2. The van der Waals surface area contributed by atoms with Gasteiger partial charge in [-0.2, -0.15) is 0 Å². The highest BCUT2D eigenvalue weighted by atomic mass is 35.5. The Morgan fingerprint density at radius 3 is 3.06 bits per heavy atom. The summed E-state index contributed by atoms with van der Waals surface area (Å²) >= 11 is 5.90. The molecule has 2 rings (SSSR count). The maximum atomic E-state index is 10.6. The first-order valence-corrected chi connectivity index (χ1v) is 5.73. The molecular weight excluding hydrogens is 246 g/mol. The Bertz CT molecular complexity index is 418. The Labute approximate surface area is 103 Å². The molecular formula is C11H12ClNO4. The van der Waals surface area contributed by atoms with E-state index >= 15 is 0 Å². The highest BCUT2D eigenvalue weighted by molar-refractivity contribution is 6.32. The first-order valence-electron chi connectivity index (χ1n) is 5.35. The van der Waals surface area contributed by atoms with Crippen molar-refractivity contribution in [2.75, 3.05) is 13.2 Å². The molecule has 92 valence electrons. The molecule has 1 fully saturated rings. The molecule has 1 aromatic carbocycles. The Morgan fingerprint density at radius 1 is 1.59 bits per heavy atom. The van der Waals surface area contributed by atoms with E-state index < -0.39 is 4.92 Å². The van der Waals surface area contributed by atoms with Gasteiger partial charge in [-0.25, -0.2) is 0 Å². The maximum absolute atomic E-state index is 10.6. The molecule has 0 radical (unpaired) electrons.